The zero-order chi connectivity index (χ0) is 14.0. The van der Waals surface area contributed by atoms with E-state index in [0.29, 0.717) is 12.2 Å². The Hall–Kier alpha value is -0.653. The van der Waals surface area contributed by atoms with Gasteiger partial charge >= 0.3 is 14.5 Å². The number of esters is 1. The van der Waals surface area contributed by atoms with Crippen molar-refractivity contribution in [3.63, 3.8) is 0 Å². The van der Waals surface area contributed by atoms with Crippen molar-refractivity contribution in [2.75, 3.05) is 20.8 Å². The summed E-state index contributed by atoms with van der Waals surface area (Å²) in [5.74, 6) is -0.305. The lowest BCUT2D eigenvalue weighted by Crippen LogP contribution is -2.38. The molecule has 0 aromatic rings. The molecular formula is C13H26O4Si. The van der Waals surface area contributed by atoms with Crippen LogP contribution in [0.5, 0.6) is 0 Å². The first kappa shape index (κ1) is 17.3. The van der Waals surface area contributed by atoms with Gasteiger partial charge in [-0.25, -0.2) is 4.79 Å². The number of carbonyl (C=O) groups is 1. The van der Waals surface area contributed by atoms with Gasteiger partial charge in [0.2, 0.25) is 0 Å². The Balaban J connectivity index is 3.67. The van der Waals surface area contributed by atoms with Crippen molar-refractivity contribution >= 4 is 14.5 Å². The van der Waals surface area contributed by atoms with Crippen molar-refractivity contribution in [2.24, 2.45) is 0 Å². The van der Waals surface area contributed by atoms with Crippen LogP contribution in [-0.2, 0) is 18.4 Å². The average Bonchev–Trinajstić information content (AvgIpc) is 2.38. The minimum Gasteiger partial charge on any atom is -0.462 e. The quantitative estimate of drug-likeness (QED) is 0.266. The Morgan fingerprint density at radius 2 is 1.78 bits per heavy atom. The highest BCUT2D eigenvalue weighted by molar-refractivity contribution is 6.67. The molecule has 5 heteroatoms. The number of hydrogen-bond acceptors (Lipinski definition) is 4. The highest BCUT2D eigenvalue weighted by atomic mass is 28.4. The molecule has 0 N–H and O–H groups in total. The Bertz CT molecular complexity index is 253. The van der Waals surface area contributed by atoms with Crippen LogP contribution in [0, 0.1) is 0 Å². The molecule has 0 aromatic carbocycles. The average molecular weight is 274 g/mol. The summed E-state index contributed by atoms with van der Waals surface area (Å²) in [4.78, 5) is 11.1. The summed E-state index contributed by atoms with van der Waals surface area (Å²) in [6, 6.07) is 1.95. The fourth-order valence-electron chi connectivity index (χ4n) is 1.71. The van der Waals surface area contributed by atoms with Gasteiger partial charge in [0, 0.05) is 19.8 Å². The van der Waals surface area contributed by atoms with Crippen LogP contribution < -0.4 is 0 Å². The van der Waals surface area contributed by atoms with Crippen molar-refractivity contribution in [1.29, 1.82) is 0 Å². The van der Waals surface area contributed by atoms with E-state index in [0.717, 1.165) is 31.4 Å². The molecule has 0 saturated heterocycles. The van der Waals surface area contributed by atoms with Crippen LogP contribution in [0.3, 0.4) is 0 Å². The van der Waals surface area contributed by atoms with Crippen molar-refractivity contribution in [1.82, 2.24) is 0 Å². The molecule has 0 saturated carbocycles. The van der Waals surface area contributed by atoms with E-state index in [-0.39, 0.29) is 5.97 Å². The van der Waals surface area contributed by atoms with Gasteiger partial charge in [0.05, 0.1) is 6.61 Å². The van der Waals surface area contributed by atoms with Crippen LogP contribution >= 0.6 is 0 Å². The monoisotopic (exact) mass is 274 g/mol. The molecule has 0 heterocycles. The van der Waals surface area contributed by atoms with Crippen LogP contribution in [-0.4, -0.2) is 35.4 Å². The van der Waals surface area contributed by atoms with Gasteiger partial charge in [0.15, 0.2) is 0 Å². The standard InChI is InChI=1S/C13H26O4Si/c1-6-18(15-4,16-5)11-9-7-8-10-17-13(14)12(2)3/h2,6-11H2,1,3-5H3. The summed E-state index contributed by atoms with van der Waals surface area (Å²) in [6.45, 7) is 7.76. The highest BCUT2D eigenvalue weighted by Gasteiger charge is 2.32. The molecule has 0 rings (SSSR count). The molecule has 18 heavy (non-hydrogen) atoms. The van der Waals surface area contributed by atoms with Gasteiger partial charge in [0.25, 0.3) is 0 Å². The Kier molecular flexibility index (Phi) is 8.96. The molecular weight excluding hydrogens is 248 g/mol. The second-order valence-electron chi connectivity index (χ2n) is 4.40. The van der Waals surface area contributed by atoms with Crippen molar-refractivity contribution in [2.45, 2.75) is 45.2 Å². The fourth-order valence-corrected chi connectivity index (χ4v) is 4.01. The van der Waals surface area contributed by atoms with Gasteiger partial charge in [-0.3, -0.25) is 0 Å². The fraction of sp³-hybridized carbons (Fsp3) is 0.769. The van der Waals surface area contributed by atoms with E-state index < -0.39 is 8.56 Å². The third kappa shape index (κ3) is 6.33. The van der Waals surface area contributed by atoms with Gasteiger partial charge in [-0.2, -0.15) is 0 Å². The topological polar surface area (TPSA) is 44.8 Å². The van der Waals surface area contributed by atoms with E-state index in [1.807, 2.05) is 0 Å². The van der Waals surface area contributed by atoms with Crippen molar-refractivity contribution in [3.8, 4) is 0 Å². The molecule has 0 aliphatic rings. The largest absolute Gasteiger partial charge is 0.462 e. The van der Waals surface area contributed by atoms with Gasteiger partial charge < -0.3 is 13.6 Å². The van der Waals surface area contributed by atoms with E-state index in [9.17, 15) is 4.79 Å². The molecule has 0 aromatic heterocycles. The molecule has 0 bridgehead atoms. The van der Waals surface area contributed by atoms with Crippen LogP contribution in [0.2, 0.25) is 12.1 Å². The second kappa shape index (κ2) is 9.30. The van der Waals surface area contributed by atoms with Crippen LogP contribution in [0.4, 0.5) is 0 Å². The molecule has 0 aliphatic heterocycles. The molecule has 106 valence electrons. The van der Waals surface area contributed by atoms with E-state index in [1.54, 1.807) is 21.1 Å². The first-order valence-corrected chi connectivity index (χ1v) is 8.67. The summed E-state index contributed by atoms with van der Waals surface area (Å²) >= 11 is 0. The summed E-state index contributed by atoms with van der Waals surface area (Å²) in [7, 11) is 1.52. The highest BCUT2D eigenvalue weighted by Crippen LogP contribution is 2.20. The minimum atomic E-state index is -1.94. The van der Waals surface area contributed by atoms with E-state index in [4.69, 9.17) is 13.6 Å². The van der Waals surface area contributed by atoms with Crippen LogP contribution in [0.25, 0.3) is 0 Å². The molecule has 0 atom stereocenters. The Morgan fingerprint density at radius 3 is 2.22 bits per heavy atom. The first-order chi connectivity index (χ1) is 8.51. The lowest BCUT2D eigenvalue weighted by molar-refractivity contribution is -0.139. The molecule has 0 radical (unpaired) electrons. The van der Waals surface area contributed by atoms with E-state index >= 15 is 0 Å². The van der Waals surface area contributed by atoms with Gasteiger partial charge in [-0.1, -0.05) is 26.3 Å². The number of hydrogen-bond donors (Lipinski definition) is 0. The molecule has 0 amide bonds. The number of ether oxygens (including phenoxy) is 1. The maximum atomic E-state index is 11.1. The number of unbranched alkanes of at least 4 members (excludes halogenated alkanes) is 2. The van der Waals surface area contributed by atoms with Crippen LogP contribution in [0.1, 0.15) is 33.1 Å². The molecule has 4 nitrogen and oxygen atoms in total. The zero-order valence-corrected chi connectivity index (χ0v) is 13.1. The summed E-state index contributed by atoms with van der Waals surface area (Å²) in [5, 5.41) is 0. The SMILES string of the molecule is C=C(C)C(=O)OCCCCC[Si](CC)(OC)OC. The predicted octanol–water partition coefficient (Wildman–Crippen LogP) is 3.03. The number of rotatable bonds is 10. The Labute approximate surface area is 112 Å². The van der Waals surface area contributed by atoms with Crippen molar-refractivity contribution in [3.05, 3.63) is 12.2 Å². The number of carbonyl (C=O) groups excluding carboxylic acids is 1. The Morgan fingerprint density at radius 1 is 1.17 bits per heavy atom. The van der Waals surface area contributed by atoms with Gasteiger partial charge in [-0.05, 0) is 25.4 Å². The maximum Gasteiger partial charge on any atom is 0.337 e. The molecule has 0 fully saturated rings. The molecule has 0 aliphatic carbocycles. The predicted molar refractivity (Wildman–Crippen MR) is 74.7 cm³/mol. The third-order valence-corrected chi connectivity index (χ3v) is 6.75. The van der Waals surface area contributed by atoms with Gasteiger partial charge in [0.1, 0.15) is 0 Å². The smallest absolute Gasteiger partial charge is 0.337 e. The summed E-state index contributed by atoms with van der Waals surface area (Å²) in [6.07, 6.45) is 2.94. The second-order valence-corrected chi connectivity index (χ2v) is 8.24. The van der Waals surface area contributed by atoms with E-state index in [2.05, 4.69) is 13.5 Å². The molecule has 0 spiro atoms. The van der Waals surface area contributed by atoms with Gasteiger partial charge in [-0.15, -0.1) is 0 Å². The minimum absolute atomic E-state index is 0.305. The lowest BCUT2D eigenvalue weighted by Gasteiger charge is -2.25. The van der Waals surface area contributed by atoms with E-state index in [1.165, 1.54) is 0 Å². The third-order valence-electron chi connectivity index (χ3n) is 3.07. The van der Waals surface area contributed by atoms with Crippen LogP contribution in [0.15, 0.2) is 12.2 Å². The lowest BCUT2D eigenvalue weighted by atomic mass is 10.3. The maximum absolute atomic E-state index is 11.1. The normalized spacial score (nSPS) is 11.3. The first-order valence-electron chi connectivity index (χ1n) is 6.44. The summed E-state index contributed by atoms with van der Waals surface area (Å²) in [5.41, 5.74) is 0.450. The van der Waals surface area contributed by atoms with Crippen molar-refractivity contribution < 1.29 is 18.4 Å². The summed E-state index contributed by atoms with van der Waals surface area (Å²) < 4.78 is 16.1. The zero-order valence-electron chi connectivity index (χ0n) is 12.1. The molecule has 0 unspecified atom stereocenters.